The van der Waals surface area contributed by atoms with Crippen molar-refractivity contribution in [3.8, 4) is 0 Å². The molecular formula is C12H17N3O4. The quantitative estimate of drug-likeness (QED) is 0.843. The molecule has 0 bridgehead atoms. The fraction of sp³-hybridized carbons (Fsp3) is 0.500. The maximum absolute atomic E-state index is 11.5. The van der Waals surface area contributed by atoms with Gasteiger partial charge in [-0.1, -0.05) is 0 Å². The molecule has 0 spiro atoms. The standard InChI is InChI=1S/C12H17N3O4/c1-12(2,3)19-11(18)15-9(10(16)17)4-8-5-13-7-14-6-8/h5-7,9H,4H2,1-3H3,(H,15,18)(H,16,17)/t9-/m1/s1. The van der Waals surface area contributed by atoms with Crippen LogP contribution >= 0.6 is 0 Å². The van der Waals surface area contributed by atoms with Gasteiger partial charge in [-0.15, -0.1) is 0 Å². The molecule has 0 fully saturated rings. The van der Waals surface area contributed by atoms with Crippen LogP contribution in [0.4, 0.5) is 4.79 Å². The number of carbonyl (C=O) groups is 2. The van der Waals surface area contributed by atoms with Crippen LogP contribution in [0, 0.1) is 0 Å². The molecule has 1 aromatic rings. The Morgan fingerprint density at radius 1 is 1.37 bits per heavy atom. The predicted octanol–water partition coefficient (Wildman–Crippen LogP) is 0.997. The van der Waals surface area contributed by atoms with Crippen LogP contribution in [0.2, 0.25) is 0 Å². The number of carboxylic acid groups (broad SMARTS) is 1. The minimum atomic E-state index is -1.14. The fourth-order valence-electron chi connectivity index (χ4n) is 1.32. The van der Waals surface area contributed by atoms with E-state index in [4.69, 9.17) is 9.84 Å². The summed E-state index contributed by atoms with van der Waals surface area (Å²) in [6.45, 7) is 5.11. The topological polar surface area (TPSA) is 101 Å². The SMILES string of the molecule is CC(C)(C)OC(=O)N[C@H](Cc1cncnc1)C(=O)O. The van der Waals surface area contributed by atoms with Crippen LogP contribution < -0.4 is 5.32 Å². The summed E-state index contributed by atoms with van der Waals surface area (Å²) in [5, 5.41) is 11.4. The molecule has 0 saturated carbocycles. The van der Waals surface area contributed by atoms with Gasteiger partial charge in [0.15, 0.2) is 0 Å². The van der Waals surface area contributed by atoms with Crippen molar-refractivity contribution in [2.24, 2.45) is 0 Å². The van der Waals surface area contributed by atoms with E-state index in [0.717, 1.165) is 0 Å². The first-order chi connectivity index (χ1) is 8.78. The monoisotopic (exact) mass is 267 g/mol. The van der Waals surface area contributed by atoms with Crippen molar-refractivity contribution in [3.05, 3.63) is 24.3 Å². The molecule has 0 aromatic carbocycles. The summed E-state index contributed by atoms with van der Waals surface area (Å²) in [6, 6.07) is -1.08. The van der Waals surface area contributed by atoms with E-state index >= 15 is 0 Å². The third kappa shape index (κ3) is 5.80. The van der Waals surface area contributed by atoms with Crippen LogP contribution in [-0.2, 0) is 16.0 Å². The van der Waals surface area contributed by atoms with Crippen molar-refractivity contribution in [2.75, 3.05) is 0 Å². The molecule has 1 atom stereocenters. The number of amides is 1. The van der Waals surface area contributed by atoms with E-state index in [2.05, 4.69) is 15.3 Å². The number of ether oxygens (including phenoxy) is 1. The molecule has 104 valence electrons. The summed E-state index contributed by atoms with van der Waals surface area (Å²) in [7, 11) is 0. The molecule has 0 radical (unpaired) electrons. The highest BCUT2D eigenvalue weighted by molar-refractivity contribution is 5.80. The molecule has 0 unspecified atom stereocenters. The number of aliphatic carboxylic acids is 1. The first-order valence-electron chi connectivity index (χ1n) is 5.74. The van der Waals surface area contributed by atoms with Gasteiger partial charge in [-0.3, -0.25) is 0 Å². The van der Waals surface area contributed by atoms with Gasteiger partial charge in [-0.2, -0.15) is 0 Å². The summed E-state index contributed by atoms with van der Waals surface area (Å²) < 4.78 is 5.01. The molecule has 7 nitrogen and oxygen atoms in total. The third-order valence-corrected chi connectivity index (χ3v) is 2.04. The van der Waals surface area contributed by atoms with Crippen molar-refractivity contribution < 1.29 is 19.4 Å². The van der Waals surface area contributed by atoms with Crippen LogP contribution in [0.15, 0.2) is 18.7 Å². The minimum Gasteiger partial charge on any atom is -0.480 e. The van der Waals surface area contributed by atoms with Gasteiger partial charge in [0.05, 0.1) is 0 Å². The summed E-state index contributed by atoms with van der Waals surface area (Å²) in [5.41, 5.74) is -0.0610. The van der Waals surface area contributed by atoms with Crippen LogP contribution in [0.3, 0.4) is 0 Å². The highest BCUT2D eigenvalue weighted by Gasteiger charge is 2.24. The van der Waals surface area contributed by atoms with Crippen LogP contribution in [0.5, 0.6) is 0 Å². The van der Waals surface area contributed by atoms with Crippen LogP contribution in [0.25, 0.3) is 0 Å². The summed E-state index contributed by atoms with van der Waals surface area (Å²) in [4.78, 5) is 30.2. The fourth-order valence-corrected chi connectivity index (χ4v) is 1.32. The largest absolute Gasteiger partial charge is 0.480 e. The maximum atomic E-state index is 11.5. The van der Waals surface area contributed by atoms with Gasteiger partial charge in [-0.05, 0) is 26.3 Å². The summed E-state index contributed by atoms with van der Waals surface area (Å²) in [5.74, 6) is -1.14. The number of nitrogens with zero attached hydrogens (tertiary/aromatic N) is 2. The maximum Gasteiger partial charge on any atom is 0.408 e. The Labute approximate surface area is 111 Å². The molecule has 1 aromatic heterocycles. The minimum absolute atomic E-state index is 0.0927. The van der Waals surface area contributed by atoms with Gasteiger partial charge >= 0.3 is 12.1 Å². The number of aromatic nitrogens is 2. The summed E-state index contributed by atoms with van der Waals surface area (Å²) >= 11 is 0. The lowest BCUT2D eigenvalue weighted by Gasteiger charge is -2.21. The molecule has 1 amide bonds. The third-order valence-electron chi connectivity index (χ3n) is 2.04. The van der Waals surface area contributed by atoms with E-state index in [9.17, 15) is 9.59 Å². The zero-order valence-electron chi connectivity index (χ0n) is 11.1. The van der Waals surface area contributed by atoms with Gasteiger partial charge < -0.3 is 15.2 Å². The first-order valence-corrected chi connectivity index (χ1v) is 5.74. The molecule has 1 rings (SSSR count). The Morgan fingerprint density at radius 2 is 1.95 bits per heavy atom. The van der Waals surface area contributed by atoms with Crippen LogP contribution in [-0.4, -0.2) is 38.8 Å². The van der Waals surface area contributed by atoms with E-state index in [-0.39, 0.29) is 6.42 Å². The van der Waals surface area contributed by atoms with Gasteiger partial charge in [0.1, 0.15) is 18.0 Å². The Hall–Kier alpha value is -2.18. The zero-order chi connectivity index (χ0) is 14.5. The Kier molecular flexibility index (Phi) is 4.80. The van der Waals surface area contributed by atoms with Gasteiger partial charge in [0.25, 0.3) is 0 Å². The second-order valence-electron chi connectivity index (χ2n) is 4.99. The van der Waals surface area contributed by atoms with Gasteiger partial charge in [-0.25, -0.2) is 19.6 Å². The summed E-state index contributed by atoms with van der Waals surface area (Å²) in [6.07, 6.45) is 3.67. The average Bonchev–Trinajstić information content (AvgIpc) is 2.26. The smallest absolute Gasteiger partial charge is 0.408 e. The van der Waals surface area contributed by atoms with Gasteiger partial charge in [0.2, 0.25) is 0 Å². The van der Waals surface area contributed by atoms with E-state index in [1.165, 1.54) is 18.7 Å². The van der Waals surface area contributed by atoms with Crippen molar-refractivity contribution in [2.45, 2.75) is 38.8 Å². The Balaban J connectivity index is 2.64. The molecule has 0 aliphatic rings. The lowest BCUT2D eigenvalue weighted by Crippen LogP contribution is -2.44. The Bertz CT molecular complexity index is 442. The van der Waals surface area contributed by atoms with Crippen molar-refractivity contribution >= 4 is 12.1 Å². The normalized spacial score (nSPS) is 12.6. The highest BCUT2D eigenvalue weighted by atomic mass is 16.6. The number of carboxylic acids is 1. The number of carbonyl (C=O) groups excluding carboxylic acids is 1. The molecule has 0 saturated heterocycles. The number of nitrogens with one attached hydrogen (secondary N) is 1. The van der Waals surface area contributed by atoms with Gasteiger partial charge in [0, 0.05) is 18.8 Å². The molecule has 7 heteroatoms. The number of alkyl carbamates (subject to hydrolysis) is 1. The Morgan fingerprint density at radius 3 is 2.42 bits per heavy atom. The van der Waals surface area contributed by atoms with Crippen LogP contribution in [0.1, 0.15) is 26.3 Å². The molecule has 2 N–H and O–H groups in total. The van der Waals surface area contributed by atoms with E-state index in [1.807, 2.05) is 0 Å². The number of hydrogen-bond acceptors (Lipinski definition) is 5. The lowest BCUT2D eigenvalue weighted by molar-refractivity contribution is -0.139. The number of rotatable bonds is 4. The molecule has 19 heavy (non-hydrogen) atoms. The van der Waals surface area contributed by atoms with E-state index < -0.39 is 23.7 Å². The second kappa shape index (κ2) is 6.12. The van der Waals surface area contributed by atoms with Crippen molar-refractivity contribution in [1.82, 2.24) is 15.3 Å². The van der Waals surface area contributed by atoms with Crippen molar-refractivity contribution in [1.29, 1.82) is 0 Å². The average molecular weight is 267 g/mol. The van der Waals surface area contributed by atoms with Crippen molar-refractivity contribution in [3.63, 3.8) is 0 Å². The zero-order valence-corrected chi connectivity index (χ0v) is 11.1. The van der Waals surface area contributed by atoms with E-state index in [1.54, 1.807) is 20.8 Å². The highest BCUT2D eigenvalue weighted by Crippen LogP contribution is 2.07. The first kappa shape index (κ1) is 14.9. The second-order valence-corrected chi connectivity index (χ2v) is 4.99. The molecule has 0 aliphatic carbocycles. The molecular weight excluding hydrogens is 250 g/mol. The van der Waals surface area contributed by atoms with E-state index in [0.29, 0.717) is 5.56 Å². The number of hydrogen-bond donors (Lipinski definition) is 2. The lowest BCUT2D eigenvalue weighted by atomic mass is 10.1. The predicted molar refractivity (Wildman–Crippen MR) is 66.5 cm³/mol. The molecule has 1 heterocycles. The molecule has 0 aliphatic heterocycles.